The van der Waals surface area contributed by atoms with Crippen molar-refractivity contribution in [2.75, 3.05) is 24.7 Å². The first-order chi connectivity index (χ1) is 9.24. The summed E-state index contributed by atoms with van der Waals surface area (Å²) < 4.78 is 0. The Morgan fingerprint density at radius 2 is 2.32 bits per heavy atom. The number of amides is 1. The van der Waals surface area contributed by atoms with Crippen LogP contribution in [0.4, 0.5) is 0 Å². The predicted molar refractivity (Wildman–Crippen MR) is 78.2 cm³/mol. The Morgan fingerprint density at radius 3 is 3.05 bits per heavy atom. The zero-order chi connectivity index (χ0) is 13.7. The van der Waals surface area contributed by atoms with E-state index in [4.69, 9.17) is 5.11 Å². The lowest BCUT2D eigenvalue weighted by molar-refractivity contribution is 0.0715. The molecule has 1 aromatic rings. The second-order valence-electron chi connectivity index (χ2n) is 4.43. The molecule has 4 heteroatoms. The molecular formula is C15H17NO2S. The van der Waals surface area contributed by atoms with Gasteiger partial charge in [-0.25, -0.2) is 0 Å². The Labute approximate surface area is 118 Å². The van der Waals surface area contributed by atoms with Crippen LogP contribution in [0, 0.1) is 11.8 Å². The van der Waals surface area contributed by atoms with Gasteiger partial charge in [-0.1, -0.05) is 24.0 Å². The predicted octanol–water partition coefficient (Wildman–Crippen LogP) is 1.61. The van der Waals surface area contributed by atoms with E-state index in [2.05, 4.69) is 18.8 Å². The van der Waals surface area contributed by atoms with E-state index >= 15 is 0 Å². The lowest BCUT2D eigenvalue weighted by atomic mass is 10.1. The summed E-state index contributed by atoms with van der Waals surface area (Å²) >= 11 is 1.88. The van der Waals surface area contributed by atoms with Crippen LogP contribution in [-0.4, -0.2) is 46.6 Å². The molecule has 1 aliphatic heterocycles. The SMILES string of the molecule is CC1CSCCN1C(=O)c1ccccc1C#CCO. The second kappa shape index (κ2) is 6.65. The zero-order valence-corrected chi connectivity index (χ0v) is 11.7. The largest absolute Gasteiger partial charge is 0.384 e. The van der Waals surface area contributed by atoms with E-state index in [0.29, 0.717) is 11.1 Å². The van der Waals surface area contributed by atoms with Crippen molar-refractivity contribution in [2.45, 2.75) is 13.0 Å². The quantitative estimate of drug-likeness (QED) is 0.792. The zero-order valence-electron chi connectivity index (χ0n) is 10.9. The molecule has 3 nitrogen and oxygen atoms in total. The Bertz CT molecular complexity index is 518. The minimum absolute atomic E-state index is 0.0376. The maximum absolute atomic E-state index is 12.6. The third-order valence-corrected chi connectivity index (χ3v) is 4.28. The van der Waals surface area contributed by atoms with Crippen molar-refractivity contribution >= 4 is 17.7 Å². The van der Waals surface area contributed by atoms with Gasteiger partial charge in [0.15, 0.2) is 0 Å². The highest BCUT2D eigenvalue weighted by Gasteiger charge is 2.25. The molecule has 1 heterocycles. The van der Waals surface area contributed by atoms with Gasteiger partial charge in [0.1, 0.15) is 6.61 Å². The standard InChI is InChI=1S/C15H17NO2S/c1-12-11-19-10-8-16(12)15(18)14-7-3-2-5-13(14)6-4-9-17/h2-3,5,7,12,17H,8-11H2,1H3. The van der Waals surface area contributed by atoms with Crippen LogP contribution in [0.3, 0.4) is 0 Å². The number of hydrogen-bond donors (Lipinski definition) is 1. The molecule has 1 aromatic carbocycles. The number of rotatable bonds is 1. The second-order valence-corrected chi connectivity index (χ2v) is 5.58. The van der Waals surface area contributed by atoms with Gasteiger partial charge in [0.05, 0.1) is 5.56 Å². The average Bonchev–Trinajstić information content (AvgIpc) is 2.45. The molecule has 2 rings (SSSR count). The van der Waals surface area contributed by atoms with Crippen molar-refractivity contribution in [3.8, 4) is 11.8 Å². The van der Waals surface area contributed by atoms with E-state index in [0.717, 1.165) is 18.1 Å². The summed E-state index contributed by atoms with van der Waals surface area (Å²) in [4.78, 5) is 14.5. The topological polar surface area (TPSA) is 40.5 Å². The molecule has 1 fully saturated rings. The van der Waals surface area contributed by atoms with Gasteiger partial charge >= 0.3 is 0 Å². The summed E-state index contributed by atoms with van der Waals surface area (Å²) in [5, 5.41) is 8.78. The van der Waals surface area contributed by atoms with Crippen LogP contribution in [0.1, 0.15) is 22.8 Å². The van der Waals surface area contributed by atoms with Crippen molar-refractivity contribution in [1.29, 1.82) is 0 Å². The van der Waals surface area contributed by atoms with Crippen LogP contribution in [-0.2, 0) is 0 Å². The molecule has 0 aromatic heterocycles. The molecule has 0 radical (unpaired) electrons. The van der Waals surface area contributed by atoms with E-state index in [1.165, 1.54) is 0 Å². The van der Waals surface area contributed by atoms with Crippen molar-refractivity contribution < 1.29 is 9.90 Å². The molecule has 1 atom stereocenters. The molecule has 1 unspecified atom stereocenters. The van der Waals surface area contributed by atoms with Gasteiger partial charge in [-0.05, 0) is 19.1 Å². The fourth-order valence-electron chi connectivity index (χ4n) is 2.10. The lowest BCUT2D eigenvalue weighted by Gasteiger charge is -2.33. The van der Waals surface area contributed by atoms with Crippen LogP contribution in [0.5, 0.6) is 0 Å². The molecule has 0 spiro atoms. The van der Waals surface area contributed by atoms with Crippen LogP contribution >= 0.6 is 11.8 Å². The molecule has 1 saturated heterocycles. The molecule has 0 saturated carbocycles. The highest BCUT2D eigenvalue weighted by atomic mass is 32.2. The fourth-order valence-corrected chi connectivity index (χ4v) is 3.11. The number of carbonyl (C=O) groups is 1. The molecule has 100 valence electrons. The molecule has 1 amide bonds. The minimum Gasteiger partial charge on any atom is -0.384 e. The Balaban J connectivity index is 2.27. The van der Waals surface area contributed by atoms with Crippen LogP contribution in [0.15, 0.2) is 24.3 Å². The van der Waals surface area contributed by atoms with Crippen molar-refractivity contribution in [1.82, 2.24) is 4.90 Å². The smallest absolute Gasteiger partial charge is 0.255 e. The first-order valence-corrected chi connectivity index (χ1v) is 7.47. The summed E-state index contributed by atoms with van der Waals surface area (Å²) in [5.74, 6) is 7.46. The third-order valence-electron chi connectivity index (χ3n) is 3.09. The van der Waals surface area contributed by atoms with Gasteiger partial charge in [-0.3, -0.25) is 4.79 Å². The molecule has 0 aliphatic carbocycles. The summed E-state index contributed by atoms with van der Waals surface area (Å²) in [6.45, 7) is 2.66. The van der Waals surface area contributed by atoms with Crippen molar-refractivity contribution in [3.05, 3.63) is 35.4 Å². The van der Waals surface area contributed by atoms with Gasteiger partial charge in [-0.15, -0.1) is 0 Å². The summed E-state index contributed by atoms with van der Waals surface area (Å²) in [7, 11) is 0. The molecule has 19 heavy (non-hydrogen) atoms. The van der Waals surface area contributed by atoms with E-state index < -0.39 is 0 Å². The minimum atomic E-state index is -0.195. The highest BCUT2D eigenvalue weighted by Crippen LogP contribution is 2.20. The Hall–Kier alpha value is -1.44. The van der Waals surface area contributed by atoms with Crippen LogP contribution in [0.25, 0.3) is 0 Å². The van der Waals surface area contributed by atoms with Crippen LogP contribution in [0.2, 0.25) is 0 Å². The van der Waals surface area contributed by atoms with Crippen molar-refractivity contribution in [2.24, 2.45) is 0 Å². The van der Waals surface area contributed by atoms with E-state index in [1.54, 1.807) is 6.07 Å². The summed E-state index contributed by atoms with van der Waals surface area (Å²) in [6.07, 6.45) is 0. The highest BCUT2D eigenvalue weighted by molar-refractivity contribution is 7.99. The van der Waals surface area contributed by atoms with Gasteiger partial charge < -0.3 is 10.0 Å². The number of hydrogen-bond acceptors (Lipinski definition) is 3. The Kier molecular flexibility index (Phi) is 4.89. The molecule has 1 N–H and O–H groups in total. The van der Waals surface area contributed by atoms with E-state index in [-0.39, 0.29) is 18.6 Å². The third kappa shape index (κ3) is 3.31. The molecule has 0 bridgehead atoms. The van der Waals surface area contributed by atoms with Crippen molar-refractivity contribution in [3.63, 3.8) is 0 Å². The molecular weight excluding hydrogens is 258 g/mol. The van der Waals surface area contributed by atoms with Gasteiger partial charge in [0.2, 0.25) is 0 Å². The number of aliphatic hydroxyl groups excluding tert-OH is 1. The summed E-state index contributed by atoms with van der Waals surface area (Å²) in [6, 6.07) is 7.58. The number of benzene rings is 1. The number of carbonyl (C=O) groups excluding carboxylic acids is 1. The van der Waals surface area contributed by atoms with E-state index in [1.807, 2.05) is 34.9 Å². The number of nitrogens with zero attached hydrogens (tertiary/aromatic N) is 1. The normalized spacial score (nSPS) is 18.6. The molecule has 1 aliphatic rings. The van der Waals surface area contributed by atoms with Gasteiger partial charge in [0.25, 0.3) is 5.91 Å². The first-order valence-electron chi connectivity index (χ1n) is 6.31. The monoisotopic (exact) mass is 275 g/mol. The maximum atomic E-state index is 12.6. The average molecular weight is 275 g/mol. The van der Waals surface area contributed by atoms with E-state index in [9.17, 15) is 4.79 Å². The fraction of sp³-hybridized carbons (Fsp3) is 0.400. The summed E-state index contributed by atoms with van der Waals surface area (Å²) in [5.41, 5.74) is 1.31. The van der Waals surface area contributed by atoms with Crippen LogP contribution < -0.4 is 0 Å². The Morgan fingerprint density at radius 1 is 1.53 bits per heavy atom. The number of aliphatic hydroxyl groups is 1. The maximum Gasteiger partial charge on any atom is 0.255 e. The first kappa shape index (κ1) is 14.0. The lowest BCUT2D eigenvalue weighted by Crippen LogP contribution is -2.44. The van der Waals surface area contributed by atoms with Gasteiger partial charge in [-0.2, -0.15) is 11.8 Å². The van der Waals surface area contributed by atoms with Gasteiger partial charge in [0, 0.05) is 29.7 Å². The number of thioether (sulfide) groups is 1.